The first-order valence-electron chi connectivity index (χ1n) is 5.58. The molecule has 0 spiro atoms. The molecule has 0 aliphatic carbocycles. The normalized spacial score (nSPS) is 10.2. The number of rotatable bonds is 6. The molecule has 0 bridgehead atoms. The predicted octanol–water partition coefficient (Wildman–Crippen LogP) is 1.80. The Bertz CT molecular complexity index is 629. The summed E-state index contributed by atoms with van der Waals surface area (Å²) in [5.41, 5.74) is -0.578. The fourth-order valence-electron chi connectivity index (χ4n) is 1.52. The van der Waals surface area contributed by atoms with E-state index in [0.717, 1.165) is 17.3 Å². The van der Waals surface area contributed by atoms with Crippen molar-refractivity contribution in [3.05, 3.63) is 44.5 Å². The summed E-state index contributed by atoms with van der Waals surface area (Å²) in [6.07, 6.45) is 3.33. The van der Waals surface area contributed by atoms with Gasteiger partial charge in [-0.1, -0.05) is 0 Å². The third-order valence-electron chi connectivity index (χ3n) is 2.43. The number of thiazole rings is 1. The topological polar surface area (TPSA) is 118 Å². The van der Waals surface area contributed by atoms with Crippen LogP contribution in [0.25, 0.3) is 0 Å². The molecular formula is C11H10N4O4S. The Morgan fingerprint density at radius 2 is 2.30 bits per heavy atom. The molecule has 0 unspecified atom stereocenters. The number of nitrogens with zero attached hydrogens (tertiary/aromatic N) is 3. The average Bonchev–Trinajstić information content (AvgIpc) is 2.91. The number of aromatic carboxylic acids is 1. The molecule has 0 amide bonds. The van der Waals surface area contributed by atoms with Gasteiger partial charge in [0.1, 0.15) is 17.6 Å². The van der Waals surface area contributed by atoms with Crippen LogP contribution in [0.3, 0.4) is 0 Å². The van der Waals surface area contributed by atoms with Crippen molar-refractivity contribution in [3.8, 4) is 0 Å². The molecule has 0 saturated heterocycles. The molecule has 0 aromatic carbocycles. The Labute approximate surface area is 117 Å². The Kier molecular flexibility index (Phi) is 4.20. The van der Waals surface area contributed by atoms with Gasteiger partial charge in [0.25, 0.3) is 5.69 Å². The Hall–Kier alpha value is -2.55. The van der Waals surface area contributed by atoms with Crippen molar-refractivity contribution in [2.75, 3.05) is 11.9 Å². The maximum Gasteiger partial charge on any atom is 0.339 e. The second-order valence-electron chi connectivity index (χ2n) is 3.75. The first-order valence-corrected chi connectivity index (χ1v) is 6.46. The molecule has 20 heavy (non-hydrogen) atoms. The van der Waals surface area contributed by atoms with Crippen molar-refractivity contribution in [3.63, 3.8) is 0 Å². The number of anilines is 1. The fraction of sp³-hybridized carbons (Fsp3) is 0.182. The zero-order valence-corrected chi connectivity index (χ0v) is 11.0. The maximum atomic E-state index is 11.1. The smallest absolute Gasteiger partial charge is 0.339 e. The second-order valence-corrected chi connectivity index (χ2v) is 4.73. The fourth-order valence-corrected chi connectivity index (χ4v) is 2.14. The zero-order valence-electron chi connectivity index (χ0n) is 10.1. The first kappa shape index (κ1) is 13.9. The summed E-state index contributed by atoms with van der Waals surface area (Å²) >= 11 is 1.50. The van der Waals surface area contributed by atoms with Gasteiger partial charge in [-0.2, -0.15) is 0 Å². The van der Waals surface area contributed by atoms with Gasteiger partial charge in [-0.3, -0.25) is 10.1 Å². The highest BCUT2D eigenvalue weighted by atomic mass is 32.1. The minimum atomic E-state index is -1.27. The molecule has 0 fully saturated rings. The third-order valence-corrected chi connectivity index (χ3v) is 3.27. The van der Waals surface area contributed by atoms with Crippen LogP contribution < -0.4 is 5.32 Å². The molecule has 2 rings (SSSR count). The molecule has 9 heteroatoms. The number of hydrogen-bond donors (Lipinski definition) is 2. The van der Waals surface area contributed by atoms with E-state index >= 15 is 0 Å². The van der Waals surface area contributed by atoms with Crippen LogP contribution >= 0.6 is 11.3 Å². The summed E-state index contributed by atoms with van der Waals surface area (Å²) in [5.74, 6) is -1.15. The molecule has 0 aliphatic heterocycles. The largest absolute Gasteiger partial charge is 0.478 e. The predicted molar refractivity (Wildman–Crippen MR) is 72.2 cm³/mol. The Morgan fingerprint density at radius 3 is 2.90 bits per heavy atom. The number of carboxylic acids is 1. The molecule has 0 atom stereocenters. The van der Waals surface area contributed by atoms with Gasteiger partial charge in [0.05, 0.1) is 9.93 Å². The van der Waals surface area contributed by atoms with Crippen LogP contribution in [0.2, 0.25) is 0 Å². The van der Waals surface area contributed by atoms with Gasteiger partial charge in [-0.15, -0.1) is 11.3 Å². The Morgan fingerprint density at radius 1 is 1.50 bits per heavy atom. The van der Waals surface area contributed by atoms with Gasteiger partial charge < -0.3 is 10.4 Å². The number of aromatic nitrogens is 2. The number of carbonyl (C=O) groups is 1. The van der Waals surface area contributed by atoms with Crippen molar-refractivity contribution < 1.29 is 14.8 Å². The van der Waals surface area contributed by atoms with Crippen LogP contribution in [0.4, 0.5) is 11.5 Å². The van der Waals surface area contributed by atoms with E-state index in [9.17, 15) is 14.9 Å². The molecular weight excluding hydrogens is 284 g/mol. The SMILES string of the molecule is O=C(O)c1cc([N+](=O)[O-])cnc1NCCc1nccs1. The molecule has 2 heterocycles. The summed E-state index contributed by atoms with van der Waals surface area (Å²) < 4.78 is 0. The van der Waals surface area contributed by atoms with Crippen molar-refractivity contribution in [1.29, 1.82) is 0 Å². The highest BCUT2D eigenvalue weighted by molar-refractivity contribution is 7.09. The lowest BCUT2D eigenvalue weighted by Crippen LogP contribution is -2.11. The molecule has 2 N–H and O–H groups in total. The summed E-state index contributed by atoms with van der Waals surface area (Å²) in [4.78, 5) is 28.9. The molecule has 0 saturated carbocycles. The average molecular weight is 294 g/mol. The van der Waals surface area contributed by atoms with Crippen molar-refractivity contribution in [2.24, 2.45) is 0 Å². The summed E-state index contributed by atoms with van der Waals surface area (Å²) in [6, 6.07) is 0.987. The quantitative estimate of drug-likeness (QED) is 0.616. The van der Waals surface area contributed by atoms with E-state index in [2.05, 4.69) is 15.3 Å². The van der Waals surface area contributed by atoms with Gasteiger partial charge in [0.15, 0.2) is 0 Å². The highest BCUT2D eigenvalue weighted by Gasteiger charge is 2.17. The number of nitro groups is 1. The molecule has 0 aliphatic rings. The molecule has 0 radical (unpaired) electrons. The summed E-state index contributed by atoms with van der Waals surface area (Å²) in [7, 11) is 0. The molecule has 2 aromatic heterocycles. The van der Waals surface area contributed by atoms with Crippen LogP contribution in [0, 0.1) is 10.1 Å². The third kappa shape index (κ3) is 3.26. The van der Waals surface area contributed by atoms with E-state index in [-0.39, 0.29) is 17.1 Å². The lowest BCUT2D eigenvalue weighted by molar-refractivity contribution is -0.385. The maximum absolute atomic E-state index is 11.1. The van der Waals surface area contributed by atoms with E-state index in [1.807, 2.05) is 5.38 Å². The van der Waals surface area contributed by atoms with Crippen LogP contribution in [-0.4, -0.2) is 32.5 Å². The lowest BCUT2D eigenvalue weighted by atomic mass is 10.2. The van der Waals surface area contributed by atoms with Crippen molar-refractivity contribution in [1.82, 2.24) is 9.97 Å². The van der Waals surface area contributed by atoms with Crippen LogP contribution in [-0.2, 0) is 6.42 Å². The summed E-state index contributed by atoms with van der Waals surface area (Å²) in [6.45, 7) is 0.443. The molecule has 8 nitrogen and oxygen atoms in total. The minimum absolute atomic E-state index is 0.111. The van der Waals surface area contributed by atoms with E-state index in [4.69, 9.17) is 5.11 Å². The van der Waals surface area contributed by atoms with Crippen LogP contribution in [0.1, 0.15) is 15.4 Å². The standard InChI is InChI=1S/C11H10N4O4S/c16-11(17)8-5-7(15(18)19)6-14-10(8)13-2-1-9-12-3-4-20-9/h3-6H,1-2H2,(H,13,14)(H,16,17). The number of nitrogens with one attached hydrogen (secondary N) is 1. The summed E-state index contributed by atoms with van der Waals surface area (Å²) in [5, 5.41) is 25.3. The van der Waals surface area contributed by atoms with E-state index in [1.54, 1.807) is 6.20 Å². The number of hydrogen-bond acceptors (Lipinski definition) is 7. The molecule has 2 aromatic rings. The van der Waals surface area contributed by atoms with E-state index in [1.165, 1.54) is 11.3 Å². The van der Waals surface area contributed by atoms with Crippen LogP contribution in [0.5, 0.6) is 0 Å². The van der Waals surface area contributed by atoms with Crippen molar-refractivity contribution >= 4 is 28.8 Å². The van der Waals surface area contributed by atoms with Gasteiger partial charge in [-0.05, 0) is 0 Å². The van der Waals surface area contributed by atoms with Crippen LogP contribution in [0.15, 0.2) is 23.8 Å². The zero-order chi connectivity index (χ0) is 14.5. The van der Waals surface area contributed by atoms with Gasteiger partial charge >= 0.3 is 5.97 Å². The second kappa shape index (κ2) is 6.06. The molecule has 104 valence electrons. The first-order chi connectivity index (χ1) is 9.58. The number of pyridine rings is 1. The highest BCUT2D eigenvalue weighted by Crippen LogP contribution is 2.19. The monoisotopic (exact) mass is 294 g/mol. The Balaban J connectivity index is 2.10. The van der Waals surface area contributed by atoms with Gasteiger partial charge in [-0.25, -0.2) is 14.8 Å². The van der Waals surface area contributed by atoms with Crippen molar-refractivity contribution in [2.45, 2.75) is 6.42 Å². The minimum Gasteiger partial charge on any atom is -0.478 e. The lowest BCUT2D eigenvalue weighted by Gasteiger charge is -2.07. The van der Waals surface area contributed by atoms with Gasteiger partial charge in [0, 0.05) is 30.6 Å². The number of carboxylic acid groups (broad SMARTS) is 1. The van der Waals surface area contributed by atoms with E-state index < -0.39 is 10.9 Å². The van der Waals surface area contributed by atoms with Gasteiger partial charge in [0.2, 0.25) is 0 Å². The van der Waals surface area contributed by atoms with E-state index in [0.29, 0.717) is 13.0 Å².